The first-order valence-electron chi connectivity index (χ1n) is 5.75. The molecule has 1 unspecified atom stereocenters. The van der Waals surface area contributed by atoms with Crippen LogP contribution in [0.1, 0.15) is 33.2 Å². The van der Waals surface area contributed by atoms with Gasteiger partial charge in [0.2, 0.25) is 0 Å². The number of carbonyl (C=O) groups is 1. The SMILES string of the molecule is Cc1cnc(C(C)NC(=O)c2ccc(Cl)c(N)c2)s1. The molecule has 19 heavy (non-hydrogen) atoms. The molecule has 1 aromatic heterocycles. The zero-order chi connectivity index (χ0) is 14.0. The highest BCUT2D eigenvalue weighted by atomic mass is 35.5. The van der Waals surface area contributed by atoms with E-state index in [0.29, 0.717) is 16.3 Å². The molecule has 3 N–H and O–H groups in total. The Kier molecular flexibility index (Phi) is 4.07. The van der Waals surface area contributed by atoms with E-state index in [1.54, 1.807) is 35.7 Å². The molecule has 0 saturated heterocycles. The Bertz CT molecular complexity index is 612. The first kappa shape index (κ1) is 13.8. The fraction of sp³-hybridized carbons (Fsp3) is 0.231. The fourth-order valence-electron chi connectivity index (χ4n) is 1.60. The van der Waals surface area contributed by atoms with E-state index in [2.05, 4.69) is 10.3 Å². The largest absolute Gasteiger partial charge is 0.398 e. The molecule has 4 nitrogen and oxygen atoms in total. The van der Waals surface area contributed by atoms with Crippen molar-refractivity contribution in [2.45, 2.75) is 19.9 Å². The van der Waals surface area contributed by atoms with E-state index >= 15 is 0 Å². The average molecular weight is 296 g/mol. The third-order valence-electron chi connectivity index (χ3n) is 2.62. The zero-order valence-corrected chi connectivity index (χ0v) is 12.2. The number of rotatable bonds is 3. The molecule has 0 aliphatic rings. The summed E-state index contributed by atoms with van der Waals surface area (Å²) in [6.07, 6.45) is 1.79. The normalized spacial score (nSPS) is 12.2. The van der Waals surface area contributed by atoms with Crippen LogP contribution < -0.4 is 11.1 Å². The van der Waals surface area contributed by atoms with Gasteiger partial charge in [0.15, 0.2) is 0 Å². The van der Waals surface area contributed by atoms with Gasteiger partial charge in [0.05, 0.1) is 16.8 Å². The smallest absolute Gasteiger partial charge is 0.251 e. The van der Waals surface area contributed by atoms with Crippen molar-refractivity contribution in [3.8, 4) is 0 Å². The van der Waals surface area contributed by atoms with Gasteiger partial charge in [-0.05, 0) is 32.0 Å². The molecular weight excluding hydrogens is 282 g/mol. The van der Waals surface area contributed by atoms with Crippen LogP contribution in [0.5, 0.6) is 0 Å². The topological polar surface area (TPSA) is 68.0 Å². The molecule has 1 heterocycles. The van der Waals surface area contributed by atoms with Crippen LogP contribution in [0.2, 0.25) is 5.02 Å². The first-order valence-corrected chi connectivity index (χ1v) is 6.95. The molecule has 0 saturated carbocycles. The second-order valence-corrected chi connectivity index (χ2v) is 5.91. The molecule has 2 aromatic rings. The van der Waals surface area contributed by atoms with Gasteiger partial charge in [-0.2, -0.15) is 0 Å². The van der Waals surface area contributed by atoms with Crippen LogP contribution in [0.3, 0.4) is 0 Å². The van der Waals surface area contributed by atoms with E-state index in [1.165, 1.54) is 0 Å². The van der Waals surface area contributed by atoms with Crippen molar-refractivity contribution in [1.29, 1.82) is 0 Å². The maximum absolute atomic E-state index is 12.1. The summed E-state index contributed by atoms with van der Waals surface area (Å²) in [5, 5.41) is 4.21. The van der Waals surface area contributed by atoms with Gasteiger partial charge >= 0.3 is 0 Å². The van der Waals surface area contributed by atoms with Crippen LogP contribution in [0.4, 0.5) is 5.69 Å². The molecule has 0 bridgehead atoms. The summed E-state index contributed by atoms with van der Waals surface area (Å²) in [7, 11) is 0. The molecule has 1 amide bonds. The highest BCUT2D eigenvalue weighted by Crippen LogP contribution is 2.21. The van der Waals surface area contributed by atoms with Crippen molar-refractivity contribution in [3.05, 3.63) is 44.9 Å². The summed E-state index contributed by atoms with van der Waals surface area (Å²) in [4.78, 5) is 17.4. The third kappa shape index (κ3) is 3.24. The molecular formula is C13H14ClN3OS. The molecule has 2 rings (SSSR count). The van der Waals surface area contributed by atoms with E-state index in [0.717, 1.165) is 9.88 Å². The highest BCUT2D eigenvalue weighted by molar-refractivity contribution is 7.11. The average Bonchev–Trinajstić information content (AvgIpc) is 2.79. The van der Waals surface area contributed by atoms with Crippen molar-refractivity contribution in [1.82, 2.24) is 10.3 Å². The van der Waals surface area contributed by atoms with Crippen molar-refractivity contribution in [2.75, 3.05) is 5.73 Å². The van der Waals surface area contributed by atoms with Gasteiger partial charge < -0.3 is 11.1 Å². The number of nitrogen functional groups attached to an aromatic ring is 1. The molecule has 6 heteroatoms. The van der Waals surface area contributed by atoms with E-state index < -0.39 is 0 Å². The monoisotopic (exact) mass is 295 g/mol. The summed E-state index contributed by atoms with van der Waals surface area (Å²) in [5.74, 6) is -0.191. The van der Waals surface area contributed by atoms with Gasteiger partial charge in [0.25, 0.3) is 5.91 Å². The number of aromatic nitrogens is 1. The Hall–Kier alpha value is -1.59. The number of hydrogen-bond acceptors (Lipinski definition) is 4. The van der Waals surface area contributed by atoms with Gasteiger partial charge in [0, 0.05) is 16.6 Å². The molecule has 0 aliphatic heterocycles. The minimum Gasteiger partial charge on any atom is -0.398 e. The van der Waals surface area contributed by atoms with Crippen LogP contribution in [0.15, 0.2) is 24.4 Å². The molecule has 0 spiro atoms. The number of hydrogen-bond donors (Lipinski definition) is 2. The summed E-state index contributed by atoms with van der Waals surface area (Å²) in [6.45, 7) is 3.88. The molecule has 1 aromatic carbocycles. The Morgan fingerprint density at radius 2 is 2.26 bits per heavy atom. The molecule has 100 valence electrons. The quantitative estimate of drug-likeness (QED) is 0.855. The number of anilines is 1. The van der Waals surface area contributed by atoms with Gasteiger partial charge in [-0.15, -0.1) is 11.3 Å². The van der Waals surface area contributed by atoms with E-state index in [4.69, 9.17) is 17.3 Å². The second kappa shape index (κ2) is 5.59. The summed E-state index contributed by atoms with van der Waals surface area (Å²) >= 11 is 7.39. The van der Waals surface area contributed by atoms with Crippen LogP contribution in [0, 0.1) is 6.92 Å². The Balaban J connectivity index is 2.10. The van der Waals surface area contributed by atoms with E-state index in [1.807, 2.05) is 13.8 Å². The number of aryl methyl sites for hydroxylation is 1. The maximum atomic E-state index is 12.1. The predicted octanol–water partition coefficient (Wildman–Crippen LogP) is 3.18. The summed E-state index contributed by atoms with van der Waals surface area (Å²) < 4.78 is 0. The van der Waals surface area contributed by atoms with Crippen LogP contribution in [0.25, 0.3) is 0 Å². The molecule has 0 aliphatic carbocycles. The van der Waals surface area contributed by atoms with Crippen molar-refractivity contribution in [2.24, 2.45) is 0 Å². The minimum atomic E-state index is -0.191. The lowest BCUT2D eigenvalue weighted by Gasteiger charge is -2.11. The number of nitrogens with zero attached hydrogens (tertiary/aromatic N) is 1. The predicted molar refractivity (Wildman–Crippen MR) is 78.6 cm³/mol. The lowest BCUT2D eigenvalue weighted by Crippen LogP contribution is -2.26. The standard InChI is InChI=1S/C13H14ClN3OS/c1-7-6-16-13(19-7)8(2)17-12(18)9-3-4-10(14)11(15)5-9/h3-6,8H,15H2,1-2H3,(H,17,18). The number of thiazole rings is 1. The van der Waals surface area contributed by atoms with Crippen molar-refractivity contribution >= 4 is 34.5 Å². The van der Waals surface area contributed by atoms with Crippen molar-refractivity contribution in [3.63, 3.8) is 0 Å². The third-order valence-corrected chi connectivity index (χ3v) is 4.06. The van der Waals surface area contributed by atoms with Crippen LogP contribution in [-0.4, -0.2) is 10.9 Å². The second-order valence-electron chi connectivity index (χ2n) is 4.24. The summed E-state index contributed by atoms with van der Waals surface area (Å²) in [6, 6.07) is 4.69. The first-order chi connectivity index (χ1) is 8.97. The lowest BCUT2D eigenvalue weighted by atomic mass is 10.2. The Labute approximate surface area is 120 Å². The van der Waals surface area contributed by atoms with Crippen LogP contribution >= 0.6 is 22.9 Å². The number of benzene rings is 1. The lowest BCUT2D eigenvalue weighted by molar-refractivity contribution is 0.0940. The fourth-order valence-corrected chi connectivity index (χ4v) is 2.49. The zero-order valence-electron chi connectivity index (χ0n) is 10.6. The minimum absolute atomic E-state index is 0.136. The number of amides is 1. The number of nitrogens with two attached hydrogens (primary N) is 1. The molecule has 0 fully saturated rings. The Morgan fingerprint density at radius 1 is 1.53 bits per heavy atom. The number of halogens is 1. The van der Waals surface area contributed by atoms with Gasteiger partial charge in [0.1, 0.15) is 5.01 Å². The van der Waals surface area contributed by atoms with Gasteiger partial charge in [-0.1, -0.05) is 11.6 Å². The molecule has 1 atom stereocenters. The summed E-state index contributed by atoms with van der Waals surface area (Å²) in [5.41, 5.74) is 6.56. The van der Waals surface area contributed by atoms with Crippen molar-refractivity contribution < 1.29 is 4.79 Å². The number of carbonyl (C=O) groups excluding carboxylic acids is 1. The highest BCUT2D eigenvalue weighted by Gasteiger charge is 2.14. The number of nitrogens with one attached hydrogen (secondary N) is 1. The van der Waals surface area contributed by atoms with Crippen LogP contribution in [-0.2, 0) is 0 Å². The molecule has 0 radical (unpaired) electrons. The van der Waals surface area contributed by atoms with Gasteiger partial charge in [-0.3, -0.25) is 4.79 Å². The maximum Gasteiger partial charge on any atom is 0.251 e. The van der Waals surface area contributed by atoms with E-state index in [-0.39, 0.29) is 11.9 Å². The Morgan fingerprint density at radius 3 is 2.84 bits per heavy atom. The van der Waals surface area contributed by atoms with E-state index in [9.17, 15) is 4.79 Å². The van der Waals surface area contributed by atoms with Gasteiger partial charge in [-0.25, -0.2) is 4.98 Å².